The Bertz CT molecular complexity index is 702. The third kappa shape index (κ3) is 3.70. The maximum Gasteiger partial charge on any atom is 0.247 e. The minimum absolute atomic E-state index is 0.102. The molecule has 2 aromatic rings. The molecule has 1 aromatic heterocycles. The zero-order valence-corrected chi connectivity index (χ0v) is 12.1. The van der Waals surface area contributed by atoms with E-state index in [0.717, 1.165) is 5.56 Å². The average Bonchev–Trinajstić information content (AvgIpc) is 2.45. The predicted molar refractivity (Wildman–Crippen MR) is 84.7 cm³/mol. The number of aromatic nitrogens is 2. The predicted octanol–water partition coefficient (Wildman–Crippen LogP) is 2.89. The van der Waals surface area contributed by atoms with Gasteiger partial charge in [0.25, 0.3) is 0 Å². The summed E-state index contributed by atoms with van der Waals surface area (Å²) in [4.78, 5) is 19.3. The van der Waals surface area contributed by atoms with E-state index in [0.29, 0.717) is 22.2 Å². The molecule has 0 radical (unpaired) electrons. The number of nitrogens with one attached hydrogen (secondary N) is 2. The van der Waals surface area contributed by atoms with Gasteiger partial charge in [-0.2, -0.15) is 4.98 Å². The van der Waals surface area contributed by atoms with Crippen LogP contribution in [0.2, 0.25) is 5.02 Å². The van der Waals surface area contributed by atoms with Gasteiger partial charge in [-0.25, -0.2) is 4.98 Å². The van der Waals surface area contributed by atoms with Gasteiger partial charge in [-0.1, -0.05) is 24.2 Å². The lowest BCUT2D eigenvalue weighted by atomic mass is 10.2. The summed E-state index contributed by atoms with van der Waals surface area (Å²) >= 11 is 6.02. The number of nitrogens with zero attached hydrogens (tertiary/aromatic N) is 2. The maximum absolute atomic E-state index is 11.5. The van der Waals surface area contributed by atoms with E-state index in [2.05, 4.69) is 27.2 Å². The molecule has 0 aliphatic heterocycles. The molecule has 1 amide bonds. The summed E-state index contributed by atoms with van der Waals surface area (Å²) in [6.45, 7) is 5.35. The van der Waals surface area contributed by atoms with E-state index in [4.69, 9.17) is 17.3 Å². The van der Waals surface area contributed by atoms with Crippen LogP contribution in [-0.2, 0) is 4.79 Å². The molecule has 2 rings (SSSR count). The van der Waals surface area contributed by atoms with Crippen molar-refractivity contribution in [3.63, 3.8) is 0 Å². The summed E-state index contributed by atoms with van der Waals surface area (Å²) in [6, 6.07) is 5.52. The fraction of sp³-hybridized carbons (Fsp3) is 0.0714. The number of carbonyl (C=O) groups is 1. The third-order valence-electron chi connectivity index (χ3n) is 2.63. The van der Waals surface area contributed by atoms with Crippen LogP contribution in [-0.4, -0.2) is 15.9 Å². The van der Waals surface area contributed by atoms with Gasteiger partial charge in [0.15, 0.2) is 5.82 Å². The van der Waals surface area contributed by atoms with Crippen LogP contribution in [0.15, 0.2) is 37.1 Å². The summed E-state index contributed by atoms with van der Waals surface area (Å²) in [5.41, 5.74) is 7.76. The number of carbonyl (C=O) groups excluding carboxylic acids is 1. The van der Waals surface area contributed by atoms with E-state index < -0.39 is 0 Å². The van der Waals surface area contributed by atoms with Crippen LogP contribution >= 0.6 is 11.6 Å². The largest absolute Gasteiger partial charge is 0.368 e. The van der Waals surface area contributed by atoms with Crippen molar-refractivity contribution >= 4 is 40.6 Å². The van der Waals surface area contributed by atoms with Crippen LogP contribution in [0.4, 0.5) is 23.1 Å². The SMILES string of the molecule is C=CC(=O)Nc1cc(C)ccc1Nc1nc(N)ncc1Cl. The Morgan fingerprint density at radius 3 is 2.90 bits per heavy atom. The molecular weight excluding hydrogens is 290 g/mol. The smallest absolute Gasteiger partial charge is 0.247 e. The second-order valence-electron chi connectivity index (χ2n) is 4.29. The van der Waals surface area contributed by atoms with Crippen molar-refractivity contribution in [2.75, 3.05) is 16.4 Å². The zero-order chi connectivity index (χ0) is 15.4. The van der Waals surface area contributed by atoms with Crippen LogP contribution < -0.4 is 16.4 Å². The number of rotatable bonds is 4. The van der Waals surface area contributed by atoms with Crippen LogP contribution in [0, 0.1) is 6.92 Å². The lowest BCUT2D eigenvalue weighted by Gasteiger charge is -2.13. The topological polar surface area (TPSA) is 92.9 Å². The zero-order valence-electron chi connectivity index (χ0n) is 11.4. The Morgan fingerprint density at radius 1 is 1.43 bits per heavy atom. The minimum atomic E-state index is -0.308. The molecular formula is C14H14ClN5O. The Hall–Kier alpha value is -2.60. The van der Waals surface area contributed by atoms with E-state index in [9.17, 15) is 4.79 Å². The van der Waals surface area contributed by atoms with Gasteiger partial charge < -0.3 is 16.4 Å². The first-order valence-corrected chi connectivity index (χ1v) is 6.46. The number of amides is 1. The number of benzene rings is 1. The molecule has 1 heterocycles. The van der Waals surface area contributed by atoms with Gasteiger partial charge in [0.2, 0.25) is 11.9 Å². The standard InChI is InChI=1S/C14H14ClN5O/c1-3-12(21)18-11-6-8(2)4-5-10(11)19-13-9(15)7-17-14(16)20-13/h3-7H,1H2,2H3,(H,18,21)(H3,16,17,19,20). The first-order valence-electron chi connectivity index (χ1n) is 6.08. The summed E-state index contributed by atoms with van der Waals surface area (Å²) in [7, 11) is 0. The van der Waals surface area contributed by atoms with Gasteiger partial charge in [0.1, 0.15) is 5.02 Å². The second-order valence-corrected chi connectivity index (χ2v) is 4.70. The van der Waals surface area contributed by atoms with Crippen molar-refractivity contribution in [3.8, 4) is 0 Å². The summed E-state index contributed by atoms with van der Waals surface area (Å²) < 4.78 is 0. The lowest BCUT2D eigenvalue weighted by molar-refractivity contribution is -0.111. The highest BCUT2D eigenvalue weighted by Crippen LogP contribution is 2.29. The van der Waals surface area contributed by atoms with Gasteiger partial charge in [-0.15, -0.1) is 0 Å². The van der Waals surface area contributed by atoms with Gasteiger partial charge in [0, 0.05) is 0 Å². The molecule has 0 bridgehead atoms. The molecule has 0 saturated heterocycles. The van der Waals surface area contributed by atoms with Crippen molar-refractivity contribution in [1.82, 2.24) is 9.97 Å². The Labute approximate surface area is 127 Å². The molecule has 0 aliphatic rings. The summed E-state index contributed by atoms with van der Waals surface area (Å²) in [5.74, 6) is 0.157. The van der Waals surface area contributed by atoms with E-state index in [1.165, 1.54) is 12.3 Å². The Kier molecular flexibility index (Phi) is 4.39. The molecule has 0 saturated carbocycles. The normalized spacial score (nSPS) is 10.0. The van der Waals surface area contributed by atoms with Crippen molar-refractivity contribution in [2.45, 2.75) is 6.92 Å². The molecule has 6 nitrogen and oxygen atoms in total. The van der Waals surface area contributed by atoms with Gasteiger partial charge in [-0.3, -0.25) is 4.79 Å². The third-order valence-corrected chi connectivity index (χ3v) is 2.91. The van der Waals surface area contributed by atoms with Crippen LogP contribution in [0.5, 0.6) is 0 Å². The van der Waals surface area contributed by atoms with Crippen LogP contribution in [0.3, 0.4) is 0 Å². The fourth-order valence-electron chi connectivity index (χ4n) is 1.65. The number of nitrogen functional groups attached to an aromatic ring is 1. The molecule has 1 aromatic carbocycles. The highest BCUT2D eigenvalue weighted by atomic mass is 35.5. The van der Waals surface area contributed by atoms with Gasteiger partial charge >= 0.3 is 0 Å². The molecule has 0 fully saturated rings. The monoisotopic (exact) mass is 303 g/mol. The second kappa shape index (κ2) is 6.23. The highest BCUT2D eigenvalue weighted by Gasteiger charge is 2.09. The van der Waals surface area contributed by atoms with Gasteiger partial charge in [0.05, 0.1) is 17.6 Å². The summed E-state index contributed by atoms with van der Waals surface area (Å²) in [6.07, 6.45) is 2.60. The molecule has 0 unspecified atom stereocenters. The molecule has 7 heteroatoms. The minimum Gasteiger partial charge on any atom is -0.368 e. The number of nitrogens with two attached hydrogens (primary N) is 1. The first-order chi connectivity index (χ1) is 9.99. The molecule has 0 spiro atoms. The first kappa shape index (κ1) is 14.8. The van der Waals surface area contributed by atoms with Crippen LogP contribution in [0.25, 0.3) is 0 Å². The molecule has 108 valence electrons. The van der Waals surface area contributed by atoms with E-state index in [1.807, 2.05) is 25.1 Å². The summed E-state index contributed by atoms with van der Waals surface area (Å²) in [5, 5.41) is 6.07. The van der Waals surface area contributed by atoms with Crippen molar-refractivity contribution in [1.29, 1.82) is 0 Å². The molecule has 4 N–H and O–H groups in total. The van der Waals surface area contributed by atoms with Crippen molar-refractivity contribution in [2.24, 2.45) is 0 Å². The number of aryl methyl sites for hydroxylation is 1. The van der Waals surface area contributed by atoms with Crippen LogP contribution in [0.1, 0.15) is 5.56 Å². The number of hydrogen-bond donors (Lipinski definition) is 3. The van der Waals surface area contributed by atoms with E-state index in [1.54, 1.807) is 0 Å². The lowest BCUT2D eigenvalue weighted by Crippen LogP contribution is -2.10. The molecule has 0 atom stereocenters. The maximum atomic E-state index is 11.5. The fourth-order valence-corrected chi connectivity index (χ4v) is 1.79. The van der Waals surface area contributed by atoms with Crippen molar-refractivity contribution in [3.05, 3.63) is 47.6 Å². The average molecular weight is 304 g/mol. The number of halogens is 1. The molecule has 0 aliphatic carbocycles. The number of hydrogen-bond acceptors (Lipinski definition) is 5. The van der Waals surface area contributed by atoms with Crippen molar-refractivity contribution < 1.29 is 4.79 Å². The Balaban J connectivity index is 2.37. The van der Waals surface area contributed by atoms with E-state index >= 15 is 0 Å². The van der Waals surface area contributed by atoms with Gasteiger partial charge in [-0.05, 0) is 30.7 Å². The highest BCUT2D eigenvalue weighted by molar-refractivity contribution is 6.33. The Morgan fingerprint density at radius 2 is 2.19 bits per heavy atom. The quantitative estimate of drug-likeness (QED) is 0.755. The van der Waals surface area contributed by atoms with E-state index in [-0.39, 0.29) is 11.9 Å². The molecule has 21 heavy (non-hydrogen) atoms. The number of anilines is 4.